The summed E-state index contributed by atoms with van der Waals surface area (Å²) in [5.74, 6) is -0.905. The first-order valence-corrected chi connectivity index (χ1v) is 5.06. The summed E-state index contributed by atoms with van der Waals surface area (Å²) in [6, 6.07) is 0. The van der Waals surface area contributed by atoms with Crippen molar-refractivity contribution in [3.8, 4) is 0 Å². The Hall–Kier alpha value is -0.610. The van der Waals surface area contributed by atoms with Gasteiger partial charge in [-0.25, -0.2) is 0 Å². The molecule has 4 nitrogen and oxygen atoms in total. The second-order valence-electron chi connectivity index (χ2n) is 4.94. The number of nitrogens with two attached hydrogens (primary N) is 1. The van der Waals surface area contributed by atoms with Crippen LogP contribution in [0.5, 0.6) is 0 Å². The molecule has 0 spiro atoms. The van der Waals surface area contributed by atoms with Crippen molar-refractivity contribution in [2.45, 2.75) is 38.3 Å². The van der Waals surface area contributed by atoms with Crippen molar-refractivity contribution in [2.24, 2.45) is 17.1 Å². The van der Waals surface area contributed by atoms with Gasteiger partial charge >= 0.3 is 5.97 Å². The number of rotatable bonds is 1. The van der Waals surface area contributed by atoms with E-state index in [0.29, 0.717) is 0 Å². The maximum atomic E-state index is 11.2. The molecular weight excluding hydrogens is 182 g/mol. The summed E-state index contributed by atoms with van der Waals surface area (Å²) < 4.78 is 5.59. The van der Waals surface area contributed by atoms with Gasteiger partial charge in [0, 0.05) is 17.9 Å². The number of hydrogen-bond acceptors (Lipinski definition) is 3. The van der Waals surface area contributed by atoms with E-state index in [1.807, 2.05) is 13.8 Å². The topological polar surface area (TPSA) is 72.5 Å². The van der Waals surface area contributed by atoms with E-state index in [9.17, 15) is 9.90 Å². The Labute approximate surface area is 83.4 Å². The summed E-state index contributed by atoms with van der Waals surface area (Å²) in [6.45, 7) is 4.50. The predicted molar refractivity (Wildman–Crippen MR) is 50.8 cm³/mol. The second-order valence-corrected chi connectivity index (χ2v) is 4.94. The zero-order valence-electron chi connectivity index (χ0n) is 8.62. The zero-order chi connectivity index (χ0) is 10.6. The summed E-state index contributed by atoms with van der Waals surface area (Å²) >= 11 is 0. The van der Waals surface area contributed by atoms with E-state index in [-0.39, 0.29) is 12.0 Å². The summed E-state index contributed by atoms with van der Waals surface area (Å²) in [4.78, 5) is 11.2. The quantitative estimate of drug-likeness (QED) is 0.648. The third-order valence-electron chi connectivity index (χ3n) is 4.04. The highest BCUT2D eigenvalue weighted by Gasteiger charge is 2.70. The van der Waals surface area contributed by atoms with Crippen molar-refractivity contribution in [2.75, 3.05) is 6.61 Å². The van der Waals surface area contributed by atoms with Crippen LogP contribution in [0.4, 0.5) is 0 Å². The number of carboxylic acid groups (broad SMARTS) is 1. The minimum Gasteiger partial charge on any atom is -0.480 e. The Morgan fingerprint density at radius 1 is 1.57 bits per heavy atom. The maximum absolute atomic E-state index is 11.2. The second kappa shape index (κ2) is 2.70. The minimum atomic E-state index is -1.10. The first kappa shape index (κ1) is 9.93. The fraction of sp³-hybridized carbons (Fsp3) is 0.900. The van der Waals surface area contributed by atoms with E-state index in [0.717, 1.165) is 19.4 Å². The summed E-state index contributed by atoms with van der Waals surface area (Å²) in [7, 11) is 0. The number of aliphatic carboxylic acids is 1. The molecule has 1 saturated heterocycles. The van der Waals surface area contributed by atoms with E-state index in [1.165, 1.54) is 0 Å². The van der Waals surface area contributed by atoms with Crippen molar-refractivity contribution < 1.29 is 14.6 Å². The van der Waals surface area contributed by atoms with Crippen LogP contribution in [0.15, 0.2) is 0 Å². The summed E-state index contributed by atoms with van der Waals surface area (Å²) in [5, 5.41) is 9.19. The van der Waals surface area contributed by atoms with Crippen LogP contribution in [0.2, 0.25) is 0 Å². The maximum Gasteiger partial charge on any atom is 0.324 e. The Morgan fingerprint density at radius 3 is 2.79 bits per heavy atom. The molecule has 14 heavy (non-hydrogen) atoms. The molecule has 0 unspecified atom stereocenters. The highest BCUT2D eigenvalue weighted by Crippen LogP contribution is 2.57. The van der Waals surface area contributed by atoms with E-state index in [4.69, 9.17) is 10.5 Å². The molecule has 1 saturated carbocycles. The standard InChI is InChI=1S/C10H17NO3/c1-9(2)7-6(4-3-5-14-7)10(9,11)8(12)13/h6-7H,3-5,11H2,1-2H3,(H,12,13)/t6-,7-,10-/m0/s1. The first-order valence-electron chi connectivity index (χ1n) is 5.06. The molecule has 2 aliphatic rings. The normalized spacial score (nSPS) is 45.1. The smallest absolute Gasteiger partial charge is 0.324 e. The Bertz CT molecular complexity index is 277. The average molecular weight is 199 g/mol. The lowest BCUT2D eigenvalue weighted by Crippen LogP contribution is -2.80. The summed E-state index contributed by atoms with van der Waals surface area (Å²) in [6.07, 6.45) is 1.82. The lowest BCUT2D eigenvalue weighted by molar-refractivity contribution is -0.233. The van der Waals surface area contributed by atoms with Crippen LogP contribution in [0.3, 0.4) is 0 Å². The van der Waals surface area contributed by atoms with Gasteiger partial charge in [-0.05, 0) is 12.8 Å². The predicted octanol–water partition coefficient (Wildman–Crippen LogP) is 0.603. The fourth-order valence-corrected chi connectivity index (χ4v) is 3.01. The Balaban J connectivity index is 2.30. The van der Waals surface area contributed by atoms with E-state index in [2.05, 4.69) is 0 Å². The van der Waals surface area contributed by atoms with Crippen molar-refractivity contribution >= 4 is 5.97 Å². The van der Waals surface area contributed by atoms with Gasteiger partial charge in [0.2, 0.25) is 0 Å². The molecule has 80 valence electrons. The molecule has 3 atom stereocenters. The molecule has 0 aromatic carbocycles. The van der Waals surface area contributed by atoms with Gasteiger partial charge < -0.3 is 15.6 Å². The number of fused-ring (bicyclic) bond motifs is 1. The average Bonchev–Trinajstić information content (AvgIpc) is 2.16. The molecule has 3 N–H and O–H groups in total. The van der Waals surface area contributed by atoms with E-state index >= 15 is 0 Å². The zero-order valence-corrected chi connectivity index (χ0v) is 8.62. The lowest BCUT2D eigenvalue weighted by Gasteiger charge is -2.63. The summed E-state index contributed by atoms with van der Waals surface area (Å²) in [5.41, 5.74) is 4.44. The molecular formula is C10H17NO3. The third-order valence-corrected chi connectivity index (χ3v) is 4.04. The first-order chi connectivity index (χ1) is 6.42. The van der Waals surface area contributed by atoms with Gasteiger partial charge in [0.15, 0.2) is 0 Å². The van der Waals surface area contributed by atoms with Crippen LogP contribution >= 0.6 is 0 Å². The number of carboxylic acids is 1. The van der Waals surface area contributed by atoms with E-state index < -0.39 is 16.9 Å². The molecule has 0 amide bonds. The molecule has 1 heterocycles. The largest absolute Gasteiger partial charge is 0.480 e. The number of ether oxygens (including phenoxy) is 1. The molecule has 2 fully saturated rings. The molecule has 4 heteroatoms. The van der Waals surface area contributed by atoms with Crippen molar-refractivity contribution in [1.82, 2.24) is 0 Å². The number of carbonyl (C=O) groups is 1. The van der Waals surface area contributed by atoms with Crippen molar-refractivity contribution in [3.05, 3.63) is 0 Å². The fourth-order valence-electron chi connectivity index (χ4n) is 3.01. The molecule has 0 aromatic heterocycles. The van der Waals surface area contributed by atoms with Crippen molar-refractivity contribution in [3.63, 3.8) is 0 Å². The van der Waals surface area contributed by atoms with Gasteiger partial charge in [-0.3, -0.25) is 4.79 Å². The minimum absolute atomic E-state index is 0.0104. The molecule has 0 radical (unpaired) electrons. The van der Waals surface area contributed by atoms with Gasteiger partial charge in [0.05, 0.1) is 6.10 Å². The molecule has 2 rings (SSSR count). The van der Waals surface area contributed by atoms with Crippen LogP contribution in [-0.2, 0) is 9.53 Å². The van der Waals surface area contributed by atoms with Gasteiger partial charge in [-0.2, -0.15) is 0 Å². The third kappa shape index (κ3) is 0.880. The molecule has 1 aliphatic carbocycles. The molecule has 1 aliphatic heterocycles. The van der Waals surface area contributed by atoms with Gasteiger partial charge in [0.1, 0.15) is 5.54 Å². The monoisotopic (exact) mass is 199 g/mol. The van der Waals surface area contributed by atoms with Crippen LogP contribution in [0.1, 0.15) is 26.7 Å². The lowest BCUT2D eigenvalue weighted by atomic mass is 9.46. The van der Waals surface area contributed by atoms with E-state index in [1.54, 1.807) is 0 Å². The van der Waals surface area contributed by atoms with Gasteiger partial charge in [-0.15, -0.1) is 0 Å². The highest BCUT2D eigenvalue weighted by atomic mass is 16.5. The van der Waals surface area contributed by atoms with Crippen LogP contribution < -0.4 is 5.73 Å². The SMILES string of the molecule is CC1(C)[C@H]2OCCC[C@@H]2[C@]1(N)C(=O)O. The van der Waals surface area contributed by atoms with Gasteiger partial charge in [0.25, 0.3) is 0 Å². The van der Waals surface area contributed by atoms with Gasteiger partial charge in [-0.1, -0.05) is 13.8 Å². The Kier molecular flexibility index (Phi) is 1.92. The highest BCUT2D eigenvalue weighted by molar-refractivity contribution is 5.82. The molecule has 0 bridgehead atoms. The van der Waals surface area contributed by atoms with Crippen LogP contribution in [0.25, 0.3) is 0 Å². The number of hydrogen-bond donors (Lipinski definition) is 2. The molecule has 0 aromatic rings. The van der Waals surface area contributed by atoms with Crippen LogP contribution in [0, 0.1) is 11.3 Å². The van der Waals surface area contributed by atoms with Crippen LogP contribution in [-0.4, -0.2) is 29.3 Å². The van der Waals surface area contributed by atoms with Crippen molar-refractivity contribution in [1.29, 1.82) is 0 Å². The Morgan fingerprint density at radius 2 is 2.21 bits per heavy atom.